The first-order valence-electron chi connectivity index (χ1n) is 7.59. The van der Waals surface area contributed by atoms with Gasteiger partial charge in [0.15, 0.2) is 0 Å². The molecule has 0 aliphatic carbocycles. The fourth-order valence-electron chi connectivity index (χ4n) is 2.45. The van der Waals surface area contributed by atoms with E-state index in [4.69, 9.17) is 9.47 Å². The van der Waals surface area contributed by atoms with Crippen molar-refractivity contribution in [1.29, 1.82) is 0 Å². The van der Waals surface area contributed by atoms with Gasteiger partial charge in [-0.3, -0.25) is 14.5 Å². The van der Waals surface area contributed by atoms with Crippen LogP contribution in [0, 0.1) is 0 Å². The number of esters is 1. The highest BCUT2D eigenvalue weighted by Gasteiger charge is 2.44. The Labute approximate surface area is 135 Å². The summed E-state index contributed by atoms with van der Waals surface area (Å²) in [4.78, 5) is 37.5. The molecule has 0 saturated heterocycles. The number of nitrogens with zero attached hydrogens (tertiary/aromatic N) is 1. The Balaban J connectivity index is 1.99. The summed E-state index contributed by atoms with van der Waals surface area (Å²) in [5.74, 6) is -1.13. The quantitative estimate of drug-likeness (QED) is 0.568. The van der Waals surface area contributed by atoms with Crippen molar-refractivity contribution < 1.29 is 23.9 Å². The van der Waals surface area contributed by atoms with Gasteiger partial charge in [-0.05, 0) is 32.4 Å². The van der Waals surface area contributed by atoms with Crippen LogP contribution in [0.15, 0.2) is 24.3 Å². The second-order valence-corrected chi connectivity index (χ2v) is 6.02. The van der Waals surface area contributed by atoms with E-state index in [9.17, 15) is 14.4 Å². The first kappa shape index (κ1) is 17.1. The normalized spacial score (nSPS) is 14.1. The van der Waals surface area contributed by atoms with Crippen molar-refractivity contribution in [3.8, 4) is 0 Å². The third kappa shape index (κ3) is 3.59. The van der Waals surface area contributed by atoms with Gasteiger partial charge in [0.05, 0.1) is 29.9 Å². The zero-order chi connectivity index (χ0) is 17.0. The van der Waals surface area contributed by atoms with Crippen molar-refractivity contribution in [2.24, 2.45) is 0 Å². The Morgan fingerprint density at radius 2 is 1.70 bits per heavy atom. The number of hydrogen-bond acceptors (Lipinski definition) is 5. The second kappa shape index (κ2) is 6.91. The van der Waals surface area contributed by atoms with Crippen LogP contribution in [0.5, 0.6) is 0 Å². The van der Waals surface area contributed by atoms with E-state index >= 15 is 0 Å². The SMILES string of the molecule is CCCOC(=O)COCC(C)(C)N1C(=O)c2ccccc2C1=O. The highest BCUT2D eigenvalue weighted by Crippen LogP contribution is 2.29. The van der Waals surface area contributed by atoms with Gasteiger partial charge in [-0.1, -0.05) is 19.1 Å². The van der Waals surface area contributed by atoms with Gasteiger partial charge >= 0.3 is 5.97 Å². The molecular formula is C17H21NO5. The molecule has 23 heavy (non-hydrogen) atoms. The molecule has 0 unspecified atom stereocenters. The number of hydrogen-bond donors (Lipinski definition) is 0. The number of carbonyl (C=O) groups is 3. The minimum atomic E-state index is -0.863. The lowest BCUT2D eigenvalue weighted by Crippen LogP contribution is -2.50. The molecule has 1 aromatic rings. The van der Waals surface area contributed by atoms with Gasteiger partial charge in [0.25, 0.3) is 11.8 Å². The fraction of sp³-hybridized carbons (Fsp3) is 0.471. The van der Waals surface area contributed by atoms with Crippen LogP contribution in [-0.4, -0.2) is 48.0 Å². The molecule has 0 bridgehead atoms. The average Bonchev–Trinajstić information content (AvgIpc) is 2.77. The smallest absolute Gasteiger partial charge is 0.332 e. The van der Waals surface area contributed by atoms with Gasteiger partial charge in [-0.2, -0.15) is 0 Å². The Morgan fingerprint density at radius 1 is 1.13 bits per heavy atom. The van der Waals surface area contributed by atoms with E-state index in [1.54, 1.807) is 38.1 Å². The molecule has 2 amide bonds. The monoisotopic (exact) mass is 319 g/mol. The Kier molecular flexibility index (Phi) is 5.15. The molecule has 0 saturated carbocycles. The summed E-state index contributed by atoms with van der Waals surface area (Å²) in [6.45, 7) is 5.56. The molecule has 2 rings (SSSR count). The van der Waals surface area contributed by atoms with Gasteiger partial charge < -0.3 is 9.47 Å². The predicted molar refractivity (Wildman–Crippen MR) is 83.1 cm³/mol. The highest BCUT2D eigenvalue weighted by atomic mass is 16.6. The molecule has 0 fully saturated rings. The molecular weight excluding hydrogens is 298 g/mol. The van der Waals surface area contributed by atoms with Gasteiger partial charge in [0, 0.05) is 0 Å². The van der Waals surface area contributed by atoms with E-state index < -0.39 is 11.5 Å². The van der Waals surface area contributed by atoms with Gasteiger partial charge in [-0.25, -0.2) is 4.79 Å². The Hall–Kier alpha value is -2.21. The summed E-state index contributed by atoms with van der Waals surface area (Å²) in [5, 5.41) is 0. The number of benzene rings is 1. The van der Waals surface area contributed by atoms with Crippen LogP contribution in [0.25, 0.3) is 0 Å². The van der Waals surface area contributed by atoms with E-state index in [2.05, 4.69) is 0 Å². The lowest BCUT2D eigenvalue weighted by atomic mass is 10.0. The van der Waals surface area contributed by atoms with E-state index in [0.29, 0.717) is 17.7 Å². The topological polar surface area (TPSA) is 72.9 Å². The van der Waals surface area contributed by atoms with Crippen LogP contribution in [0.2, 0.25) is 0 Å². The maximum Gasteiger partial charge on any atom is 0.332 e. The zero-order valence-corrected chi connectivity index (χ0v) is 13.6. The van der Waals surface area contributed by atoms with Crippen molar-refractivity contribution in [3.63, 3.8) is 0 Å². The van der Waals surface area contributed by atoms with Crippen molar-refractivity contribution in [3.05, 3.63) is 35.4 Å². The molecule has 1 aliphatic rings. The number of imide groups is 1. The van der Waals surface area contributed by atoms with Crippen molar-refractivity contribution in [1.82, 2.24) is 4.90 Å². The van der Waals surface area contributed by atoms with E-state index in [-0.39, 0.29) is 25.0 Å². The Morgan fingerprint density at radius 3 is 2.22 bits per heavy atom. The summed E-state index contributed by atoms with van der Waals surface area (Å²) < 4.78 is 10.3. The molecule has 0 N–H and O–H groups in total. The number of rotatable bonds is 7. The predicted octanol–water partition coefficient (Wildman–Crippen LogP) is 2.03. The molecule has 124 valence electrons. The zero-order valence-electron chi connectivity index (χ0n) is 13.6. The highest BCUT2D eigenvalue weighted by molar-refractivity contribution is 6.21. The third-order valence-electron chi connectivity index (χ3n) is 3.54. The minimum absolute atomic E-state index is 0.0553. The molecule has 1 aromatic carbocycles. The number of ether oxygens (including phenoxy) is 2. The van der Waals surface area contributed by atoms with Gasteiger partial charge in [-0.15, -0.1) is 0 Å². The van der Waals surface area contributed by atoms with Crippen LogP contribution in [0.1, 0.15) is 47.9 Å². The first-order valence-corrected chi connectivity index (χ1v) is 7.59. The van der Waals surface area contributed by atoms with E-state index in [0.717, 1.165) is 6.42 Å². The van der Waals surface area contributed by atoms with Crippen molar-refractivity contribution in [2.75, 3.05) is 19.8 Å². The molecule has 6 nitrogen and oxygen atoms in total. The fourth-order valence-corrected chi connectivity index (χ4v) is 2.45. The lowest BCUT2D eigenvalue weighted by Gasteiger charge is -2.33. The maximum absolute atomic E-state index is 12.5. The molecule has 1 aliphatic heterocycles. The average molecular weight is 319 g/mol. The summed E-state index contributed by atoms with van der Waals surface area (Å²) in [5.41, 5.74) is -0.0704. The van der Waals surface area contributed by atoms with Crippen LogP contribution in [0.3, 0.4) is 0 Å². The molecule has 1 heterocycles. The first-order chi connectivity index (χ1) is 10.9. The van der Waals surface area contributed by atoms with Crippen LogP contribution >= 0.6 is 0 Å². The summed E-state index contributed by atoms with van der Waals surface area (Å²) >= 11 is 0. The van der Waals surface area contributed by atoms with Crippen molar-refractivity contribution >= 4 is 17.8 Å². The molecule has 0 radical (unpaired) electrons. The molecule has 0 spiro atoms. The van der Waals surface area contributed by atoms with Gasteiger partial charge in [0.1, 0.15) is 6.61 Å². The molecule has 0 atom stereocenters. The van der Waals surface area contributed by atoms with E-state index in [1.807, 2.05) is 6.92 Å². The van der Waals surface area contributed by atoms with Crippen LogP contribution in [0.4, 0.5) is 0 Å². The third-order valence-corrected chi connectivity index (χ3v) is 3.54. The molecule has 6 heteroatoms. The van der Waals surface area contributed by atoms with Crippen LogP contribution in [-0.2, 0) is 14.3 Å². The second-order valence-electron chi connectivity index (χ2n) is 6.02. The van der Waals surface area contributed by atoms with Crippen molar-refractivity contribution in [2.45, 2.75) is 32.7 Å². The maximum atomic E-state index is 12.5. The Bertz CT molecular complexity index is 588. The largest absolute Gasteiger partial charge is 0.464 e. The number of carbonyl (C=O) groups excluding carboxylic acids is 3. The summed E-state index contributed by atoms with van der Waals surface area (Å²) in [7, 11) is 0. The van der Waals surface area contributed by atoms with Crippen LogP contribution < -0.4 is 0 Å². The lowest BCUT2D eigenvalue weighted by molar-refractivity contribution is -0.149. The molecule has 0 aromatic heterocycles. The number of amides is 2. The number of fused-ring (bicyclic) bond motifs is 1. The summed E-state index contributed by atoms with van der Waals surface area (Å²) in [6.07, 6.45) is 0.742. The standard InChI is InChI=1S/C17H21NO5/c1-4-9-23-14(19)10-22-11-17(2,3)18-15(20)12-7-5-6-8-13(12)16(18)21/h5-8H,4,9-11H2,1-3H3. The summed E-state index contributed by atoms with van der Waals surface area (Å²) in [6, 6.07) is 6.71. The van der Waals surface area contributed by atoms with Gasteiger partial charge in [0.2, 0.25) is 0 Å². The van der Waals surface area contributed by atoms with E-state index in [1.165, 1.54) is 4.90 Å². The minimum Gasteiger partial charge on any atom is -0.464 e.